The molecule has 0 saturated heterocycles. The van der Waals surface area contributed by atoms with Gasteiger partial charge in [0.05, 0.1) is 18.2 Å². The van der Waals surface area contributed by atoms with E-state index in [1.807, 2.05) is 37.4 Å². The van der Waals surface area contributed by atoms with E-state index in [0.29, 0.717) is 18.2 Å². The van der Waals surface area contributed by atoms with Gasteiger partial charge in [-0.05, 0) is 29.8 Å². The van der Waals surface area contributed by atoms with Crippen molar-refractivity contribution in [2.45, 2.75) is 16.3 Å². The minimum absolute atomic E-state index is 0.0873. The van der Waals surface area contributed by atoms with Crippen LogP contribution in [-0.2, 0) is 16.4 Å². The molecule has 3 rings (SSSR count). The largest absolute Gasteiger partial charge is 0.497 e. The number of nitrogens with two attached hydrogens (primary N) is 1. The lowest BCUT2D eigenvalue weighted by Gasteiger charge is -2.18. The van der Waals surface area contributed by atoms with Gasteiger partial charge in [0.15, 0.2) is 0 Å². The van der Waals surface area contributed by atoms with Gasteiger partial charge in [-0.25, -0.2) is 13.4 Å². The molecule has 27 heavy (non-hydrogen) atoms. The topological polar surface area (TPSA) is 98.4 Å². The summed E-state index contributed by atoms with van der Waals surface area (Å²) in [6.45, 7) is 0.574. The Morgan fingerprint density at radius 1 is 1.07 bits per heavy atom. The molecule has 2 aromatic carbocycles. The van der Waals surface area contributed by atoms with E-state index in [1.165, 1.54) is 25.4 Å². The molecule has 0 aliphatic carbocycles. The molecule has 0 aliphatic rings. The van der Waals surface area contributed by atoms with Gasteiger partial charge >= 0.3 is 0 Å². The average Bonchev–Trinajstić information content (AvgIpc) is 2.68. The second-order valence-corrected chi connectivity index (χ2v) is 7.86. The number of sulfone groups is 1. The standard InChI is InChI=1S/C19H20N4O3S/c1-23(13-14-6-4-3-5-7-14)19-21-12-17(18(20)22-19)27(24,25)16-10-8-15(26-2)9-11-16/h3-12H,13H2,1-2H3,(H2,20,21,22). The van der Waals surface area contributed by atoms with Crippen molar-refractivity contribution in [1.82, 2.24) is 9.97 Å². The summed E-state index contributed by atoms with van der Waals surface area (Å²) in [5.41, 5.74) is 7.03. The Morgan fingerprint density at radius 3 is 2.33 bits per heavy atom. The quantitative estimate of drug-likeness (QED) is 0.697. The van der Waals surface area contributed by atoms with Crippen molar-refractivity contribution < 1.29 is 13.2 Å². The maximum absolute atomic E-state index is 12.8. The second kappa shape index (κ2) is 7.63. The Kier molecular flexibility index (Phi) is 5.27. The van der Waals surface area contributed by atoms with E-state index in [4.69, 9.17) is 10.5 Å². The Hall–Kier alpha value is -3.13. The second-order valence-electron chi connectivity index (χ2n) is 5.94. The minimum atomic E-state index is -3.82. The fourth-order valence-electron chi connectivity index (χ4n) is 2.58. The van der Waals surface area contributed by atoms with Gasteiger partial charge in [-0.2, -0.15) is 4.98 Å². The number of anilines is 2. The predicted molar refractivity (Wildman–Crippen MR) is 103 cm³/mol. The predicted octanol–water partition coefficient (Wildman–Crippen LogP) is 2.54. The molecule has 1 aromatic heterocycles. The molecule has 0 spiro atoms. The Balaban J connectivity index is 1.87. The highest BCUT2D eigenvalue weighted by Gasteiger charge is 2.23. The van der Waals surface area contributed by atoms with Gasteiger partial charge in [0, 0.05) is 13.6 Å². The summed E-state index contributed by atoms with van der Waals surface area (Å²) >= 11 is 0. The monoisotopic (exact) mass is 384 g/mol. The van der Waals surface area contributed by atoms with Gasteiger partial charge in [0.1, 0.15) is 16.5 Å². The average molecular weight is 384 g/mol. The fraction of sp³-hybridized carbons (Fsp3) is 0.158. The maximum atomic E-state index is 12.8. The minimum Gasteiger partial charge on any atom is -0.497 e. The summed E-state index contributed by atoms with van der Waals surface area (Å²) in [6, 6.07) is 15.9. The molecule has 0 atom stereocenters. The number of ether oxygens (including phenoxy) is 1. The molecule has 0 aliphatic heterocycles. The van der Waals surface area contributed by atoms with Gasteiger partial charge < -0.3 is 15.4 Å². The number of benzene rings is 2. The number of aromatic nitrogens is 2. The lowest BCUT2D eigenvalue weighted by Crippen LogP contribution is -2.20. The third kappa shape index (κ3) is 4.01. The third-order valence-corrected chi connectivity index (χ3v) is 5.82. The maximum Gasteiger partial charge on any atom is 0.227 e. The SMILES string of the molecule is COc1ccc(S(=O)(=O)c2cnc(N(C)Cc3ccccc3)nc2N)cc1. The van der Waals surface area contributed by atoms with Crippen LogP contribution in [0.2, 0.25) is 0 Å². The molecule has 0 bridgehead atoms. The number of methoxy groups -OCH3 is 1. The zero-order chi connectivity index (χ0) is 19.4. The van der Waals surface area contributed by atoms with Crippen LogP contribution in [0, 0.1) is 0 Å². The van der Waals surface area contributed by atoms with E-state index in [-0.39, 0.29) is 15.6 Å². The number of nitrogens with zero attached hydrogens (tertiary/aromatic N) is 3. The first kappa shape index (κ1) is 18.7. The molecule has 1 heterocycles. The third-order valence-electron chi connectivity index (χ3n) is 4.03. The van der Waals surface area contributed by atoms with Crippen molar-refractivity contribution >= 4 is 21.6 Å². The van der Waals surface area contributed by atoms with Gasteiger partial charge in [0.25, 0.3) is 0 Å². The molecule has 0 radical (unpaired) electrons. The van der Waals surface area contributed by atoms with Crippen LogP contribution in [0.25, 0.3) is 0 Å². The molecule has 0 amide bonds. The number of hydrogen-bond donors (Lipinski definition) is 1. The lowest BCUT2D eigenvalue weighted by atomic mass is 10.2. The lowest BCUT2D eigenvalue weighted by molar-refractivity contribution is 0.414. The summed E-state index contributed by atoms with van der Waals surface area (Å²) in [5.74, 6) is 0.830. The smallest absolute Gasteiger partial charge is 0.227 e. The molecule has 8 heteroatoms. The molecule has 140 valence electrons. The van der Waals surface area contributed by atoms with Crippen molar-refractivity contribution in [1.29, 1.82) is 0 Å². The van der Waals surface area contributed by atoms with Crippen LogP contribution >= 0.6 is 0 Å². The van der Waals surface area contributed by atoms with Gasteiger partial charge in [-0.15, -0.1) is 0 Å². The first-order chi connectivity index (χ1) is 12.9. The molecular formula is C19H20N4O3S. The Bertz CT molecular complexity index is 1020. The summed E-state index contributed by atoms with van der Waals surface area (Å²) in [5, 5.41) is 0. The highest BCUT2D eigenvalue weighted by molar-refractivity contribution is 7.91. The van der Waals surface area contributed by atoms with E-state index in [9.17, 15) is 8.42 Å². The van der Waals surface area contributed by atoms with Gasteiger partial charge in [-0.1, -0.05) is 30.3 Å². The Morgan fingerprint density at radius 2 is 1.74 bits per heavy atom. The van der Waals surface area contributed by atoms with Crippen LogP contribution in [-0.4, -0.2) is 32.5 Å². The van der Waals surface area contributed by atoms with Crippen molar-refractivity contribution in [3.63, 3.8) is 0 Å². The molecule has 7 nitrogen and oxygen atoms in total. The van der Waals surface area contributed by atoms with E-state index >= 15 is 0 Å². The van der Waals surface area contributed by atoms with E-state index in [1.54, 1.807) is 17.0 Å². The summed E-state index contributed by atoms with van der Waals surface area (Å²) in [4.78, 5) is 10.2. The summed E-state index contributed by atoms with van der Waals surface area (Å²) in [7, 11) is -0.487. The van der Waals surface area contributed by atoms with Gasteiger partial charge in [0.2, 0.25) is 15.8 Å². The number of hydrogen-bond acceptors (Lipinski definition) is 7. The highest BCUT2D eigenvalue weighted by Crippen LogP contribution is 2.27. The molecule has 0 saturated carbocycles. The highest BCUT2D eigenvalue weighted by atomic mass is 32.2. The van der Waals surface area contributed by atoms with Crippen LogP contribution in [0.1, 0.15) is 5.56 Å². The number of nitrogen functional groups attached to an aromatic ring is 1. The van der Waals surface area contributed by atoms with Crippen LogP contribution in [0.3, 0.4) is 0 Å². The Labute approximate surface area is 158 Å². The van der Waals surface area contributed by atoms with Crippen molar-refractivity contribution in [3.05, 3.63) is 66.4 Å². The fourth-order valence-corrected chi connectivity index (χ4v) is 3.84. The van der Waals surface area contributed by atoms with E-state index in [0.717, 1.165) is 5.56 Å². The zero-order valence-corrected chi connectivity index (χ0v) is 15.8. The first-order valence-corrected chi connectivity index (χ1v) is 9.67. The van der Waals surface area contributed by atoms with E-state index < -0.39 is 9.84 Å². The molecule has 3 aromatic rings. The molecule has 0 fully saturated rings. The summed E-state index contributed by atoms with van der Waals surface area (Å²) in [6.07, 6.45) is 1.25. The van der Waals surface area contributed by atoms with Crippen molar-refractivity contribution in [2.24, 2.45) is 0 Å². The van der Waals surface area contributed by atoms with Crippen LogP contribution in [0.5, 0.6) is 5.75 Å². The molecule has 0 unspecified atom stereocenters. The van der Waals surface area contributed by atoms with Crippen LogP contribution < -0.4 is 15.4 Å². The van der Waals surface area contributed by atoms with Crippen molar-refractivity contribution in [2.75, 3.05) is 24.8 Å². The summed E-state index contributed by atoms with van der Waals surface area (Å²) < 4.78 is 30.7. The zero-order valence-electron chi connectivity index (χ0n) is 15.0. The van der Waals surface area contributed by atoms with Gasteiger partial charge in [-0.3, -0.25) is 0 Å². The first-order valence-electron chi connectivity index (χ1n) is 8.18. The molecule has 2 N–H and O–H groups in total. The number of rotatable bonds is 6. The van der Waals surface area contributed by atoms with Crippen LogP contribution in [0.15, 0.2) is 70.6 Å². The van der Waals surface area contributed by atoms with E-state index in [2.05, 4.69) is 9.97 Å². The van der Waals surface area contributed by atoms with Crippen LogP contribution in [0.4, 0.5) is 11.8 Å². The molecular weight excluding hydrogens is 364 g/mol. The van der Waals surface area contributed by atoms with Crippen molar-refractivity contribution in [3.8, 4) is 5.75 Å². The normalized spacial score (nSPS) is 11.2.